The molecule has 0 radical (unpaired) electrons. The van der Waals surface area contributed by atoms with Crippen molar-refractivity contribution in [1.29, 1.82) is 0 Å². The molecule has 0 fully saturated rings. The van der Waals surface area contributed by atoms with E-state index in [0.29, 0.717) is 23.9 Å². The van der Waals surface area contributed by atoms with Crippen molar-refractivity contribution in [3.05, 3.63) is 59.1 Å². The van der Waals surface area contributed by atoms with Crippen molar-refractivity contribution in [3.63, 3.8) is 0 Å². The number of aryl methyl sites for hydroxylation is 1. The lowest BCUT2D eigenvalue weighted by Gasteiger charge is -2.15. The molecule has 1 amide bonds. The SMILES string of the molecule is CCCOc1ccccc1CCCNC(=O)C(C)Oc1cccc(Cl)c1. The second-order valence-corrected chi connectivity index (χ2v) is 6.50. The molecule has 1 N–H and O–H groups in total. The fraction of sp³-hybridized carbons (Fsp3) is 0.381. The molecule has 2 aromatic carbocycles. The lowest BCUT2D eigenvalue weighted by Crippen LogP contribution is -2.36. The molecule has 4 nitrogen and oxygen atoms in total. The molecule has 0 aromatic heterocycles. The smallest absolute Gasteiger partial charge is 0.260 e. The van der Waals surface area contributed by atoms with Gasteiger partial charge in [-0.25, -0.2) is 0 Å². The summed E-state index contributed by atoms with van der Waals surface area (Å²) >= 11 is 5.92. The predicted octanol–water partition coefficient (Wildman–Crippen LogP) is 4.65. The zero-order valence-electron chi connectivity index (χ0n) is 15.3. The normalized spacial score (nSPS) is 11.7. The van der Waals surface area contributed by atoms with Crippen LogP contribution in [0, 0.1) is 0 Å². The second kappa shape index (κ2) is 10.7. The van der Waals surface area contributed by atoms with Gasteiger partial charge < -0.3 is 14.8 Å². The fourth-order valence-electron chi connectivity index (χ4n) is 2.50. The standard InChI is InChI=1S/C21H26ClNO3/c1-3-14-25-20-12-5-4-8-17(20)9-7-13-23-21(24)16(2)26-19-11-6-10-18(22)15-19/h4-6,8,10-12,15-16H,3,7,9,13-14H2,1-2H3,(H,23,24). The summed E-state index contributed by atoms with van der Waals surface area (Å²) < 4.78 is 11.4. The maximum atomic E-state index is 12.2. The van der Waals surface area contributed by atoms with Crippen LogP contribution in [0.25, 0.3) is 0 Å². The van der Waals surface area contributed by atoms with E-state index in [4.69, 9.17) is 21.1 Å². The van der Waals surface area contributed by atoms with Crippen LogP contribution in [0.1, 0.15) is 32.3 Å². The predicted molar refractivity (Wildman–Crippen MR) is 105 cm³/mol. The summed E-state index contributed by atoms with van der Waals surface area (Å²) in [4.78, 5) is 12.2. The van der Waals surface area contributed by atoms with Gasteiger partial charge >= 0.3 is 0 Å². The molecule has 1 atom stereocenters. The van der Waals surface area contributed by atoms with E-state index in [1.165, 1.54) is 5.56 Å². The van der Waals surface area contributed by atoms with Crippen molar-refractivity contribution in [2.24, 2.45) is 0 Å². The summed E-state index contributed by atoms with van der Waals surface area (Å²) in [7, 11) is 0. The van der Waals surface area contributed by atoms with Crippen LogP contribution < -0.4 is 14.8 Å². The van der Waals surface area contributed by atoms with Gasteiger partial charge in [0.15, 0.2) is 6.10 Å². The average molecular weight is 376 g/mol. The molecule has 0 saturated carbocycles. The molecule has 140 valence electrons. The average Bonchev–Trinajstić information content (AvgIpc) is 2.64. The Morgan fingerprint density at radius 2 is 2.00 bits per heavy atom. The van der Waals surface area contributed by atoms with Crippen LogP contribution in [0.2, 0.25) is 5.02 Å². The Kier molecular flexibility index (Phi) is 8.29. The van der Waals surface area contributed by atoms with Crippen LogP contribution in [0.15, 0.2) is 48.5 Å². The van der Waals surface area contributed by atoms with Gasteiger partial charge in [-0.05, 0) is 56.0 Å². The third kappa shape index (κ3) is 6.60. The number of hydrogen-bond acceptors (Lipinski definition) is 3. The number of carbonyl (C=O) groups excluding carboxylic acids is 1. The Balaban J connectivity index is 1.74. The molecule has 0 spiro atoms. The van der Waals surface area contributed by atoms with Crippen molar-refractivity contribution in [2.75, 3.05) is 13.2 Å². The van der Waals surface area contributed by atoms with Gasteiger partial charge in [-0.1, -0.05) is 42.8 Å². The van der Waals surface area contributed by atoms with Crippen molar-refractivity contribution in [1.82, 2.24) is 5.32 Å². The van der Waals surface area contributed by atoms with Gasteiger partial charge in [-0.3, -0.25) is 4.79 Å². The minimum atomic E-state index is -0.575. The van der Waals surface area contributed by atoms with Gasteiger partial charge in [0, 0.05) is 11.6 Å². The van der Waals surface area contributed by atoms with E-state index in [-0.39, 0.29) is 5.91 Å². The van der Waals surface area contributed by atoms with Crippen LogP contribution in [0.5, 0.6) is 11.5 Å². The van der Waals surface area contributed by atoms with Gasteiger partial charge in [0.25, 0.3) is 5.91 Å². The Labute approximate surface area is 160 Å². The van der Waals surface area contributed by atoms with Crippen LogP contribution in [0.4, 0.5) is 0 Å². The number of carbonyl (C=O) groups is 1. The van der Waals surface area contributed by atoms with E-state index < -0.39 is 6.10 Å². The zero-order valence-corrected chi connectivity index (χ0v) is 16.1. The summed E-state index contributed by atoms with van der Waals surface area (Å²) in [6.45, 7) is 5.12. The van der Waals surface area contributed by atoms with Crippen molar-refractivity contribution >= 4 is 17.5 Å². The lowest BCUT2D eigenvalue weighted by molar-refractivity contribution is -0.127. The van der Waals surface area contributed by atoms with Crippen molar-refractivity contribution < 1.29 is 14.3 Å². The molecule has 2 aromatic rings. The van der Waals surface area contributed by atoms with Crippen LogP contribution in [-0.2, 0) is 11.2 Å². The number of nitrogens with one attached hydrogen (secondary N) is 1. The first-order chi connectivity index (χ1) is 12.6. The summed E-state index contributed by atoms with van der Waals surface area (Å²) in [6.07, 6.45) is 2.09. The van der Waals surface area contributed by atoms with E-state index in [9.17, 15) is 4.79 Å². The molecular weight excluding hydrogens is 350 g/mol. The third-order valence-corrected chi connectivity index (χ3v) is 4.07. The number of amides is 1. The highest BCUT2D eigenvalue weighted by Gasteiger charge is 2.14. The zero-order chi connectivity index (χ0) is 18.8. The molecule has 0 aliphatic carbocycles. The van der Waals surface area contributed by atoms with Gasteiger partial charge in [0.1, 0.15) is 11.5 Å². The molecule has 1 unspecified atom stereocenters. The Morgan fingerprint density at radius 1 is 1.19 bits per heavy atom. The summed E-state index contributed by atoms with van der Waals surface area (Å²) in [6, 6.07) is 15.1. The van der Waals surface area contributed by atoms with E-state index >= 15 is 0 Å². The maximum Gasteiger partial charge on any atom is 0.260 e. The molecule has 0 saturated heterocycles. The quantitative estimate of drug-likeness (QED) is 0.615. The minimum absolute atomic E-state index is 0.138. The molecule has 0 bridgehead atoms. The lowest BCUT2D eigenvalue weighted by atomic mass is 10.1. The number of ether oxygens (including phenoxy) is 2. The van der Waals surface area contributed by atoms with E-state index in [2.05, 4.69) is 18.3 Å². The number of halogens is 1. The highest BCUT2D eigenvalue weighted by Crippen LogP contribution is 2.20. The first-order valence-electron chi connectivity index (χ1n) is 9.00. The summed E-state index contributed by atoms with van der Waals surface area (Å²) in [5, 5.41) is 3.49. The molecule has 2 rings (SSSR count). The molecule has 0 aliphatic heterocycles. The summed E-state index contributed by atoms with van der Waals surface area (Å²) in [5.41, 5.74) is 1.17. The highest BCUT2D eigenvalue weighted by atomic mass is 35.5. The van der Waals surface area contributed by atoms with E-state index in [0.717, 1.165) is 25.0 Å². The van der Waals surface area contributed by atoms with E-state index in [1.54, 1.807) is 31.2 Å². The van der Waals surface area contributed by atoms with E-state index in [1.807, 2.05) is 18.2 Å². The topological polar surface area (TPSA) is 47.6 Å². The van der Waals surface area contributed by atoms with Crippen LogP contribution >= 0.6 is 11.6 Å². The minimum Gasteiger partial charge on any atom is -0.493 e. The Morgan fingerprint density at radius 3 is 2.77 bits per heavy atom. The van der Waals surface area contributed by atoms with Crippen molar-refractivity contribution in [3.8, 4) is 11.5 Å². The number of hydrogen-bond donors (Lipinski definition) is 1. The third-order valence-electron chi connectivity index (χ3n) is 3.83. The van der Waals surface area contributed by atoms with Gasteiger partial charge in [0.2, 0.25) is 0 Å². The molecule has 0 heterocycles. The van der Waals surface area contributed by atoms with Crippen LogP contribution in [-0.4, -0.2) is 25.2 Å². The monoisotopic (exact) mass is 375 g/mol. The maximum absolute atomic E-state index is 12.2. The molecule has 5 heteroatoms. The second-order valence-electron chi connectivity index (χ2n) is 6.07. The molecule has 26 heavy (non-hydrogen) atoms. The van der Waals surface area contributed by atoms with Crippen molar-refractivity contribution in [2.45, 2.75) is 39.2 Å². The molecule has 0 aliphatic rings. The number of benzene rings is 2. The first kappa shape index (κ1) is 20.1. The highest BCUT2D eigenvalue weighted by molar-refractivity contribution is 6.30. The van der Waals surface area contributed by atoms with Crippen LogP contribution in [0.3, 0.4) is 0 Å². The first-order valence-corrected chi connectivity index (χ1v) is 9.38. The van der Waals surface area contributed by atoms with Gasteiger partial charge in [-0.15, -0.1) is 0 Å². The Bertz CT molecular complexity index is 705. The van der Waals surface area contributed by atoms with Gasteiger partial charge in [-0.2, -0.15) is 0 Å². The largest absolute Gasteiger partial charge is 0.493 e. The fourth-order valence-corrected chi connectivity index (χ4v) is 2.68. The Hall–Kier alpha value is -2.20. The van der Waals surface area contributed by atoms with Gasteiger partial charge in [0.05, 0.1) is 6.61 Å². The summed E-state index contributed by atoms with van der Waals surface area (Å²) in [5.74, 6) is 1.38. The molecular formula is C21H26ClNO3. The number of para-hydroxylation sites is 1. The number of rotatable bonds is 10.